The van der Waals surface area contributed by atoms with Crippen molar-refractivity contribution in [1.29, 1.82) is 0 Å². The number of likely N-dealkylation sites (tertiary alicyclic amines) is 1. The van der Waals surface area contributed by atoms with Crippen LogP contribution in [0, 0.1) is 11.7 Å². The number of halogens is 1. The molecule has 0 bridgehead atoms. The lowest BCUT2D eigenvalue weighted by Gasteiger charge is -2.18. The second-order valence-corrected chi connectivity index (χ2v) is 5.34. The molecule has 1 heterocycles. The second kappa shape index (κ2) is 6.35. The summed E-state index contributed by atoms with van der Waals surface area (Å²) in [6.45, 7) is 7.23. The zero-order valence-electron chi connectivity index (χ0n) is 11.7. The van der Waals surface area contributed by atoms with Crippen molar-refractivity contribution in [2.75, 3.05) is 19.7 Å². The van der Waals surface area contributed by atoms with Gasteiger partial charge in [-0.2, -0.15) is 0 Å². The summed E-state index contributed by atoms with van der Waals surface area (Å²) in [5, 5.41) is 0. The molecule has 1 aromatic rings. The predicted octanol–water partition coefficient (Wildman–Crippen LogP) is 2.39. The Bertz CT molecular complexity index is 423. The van der Waals surface area contributed by atoms with Crippen molar-refractivity contribution in [3.63, 3.8) is 0 Å². The number of rotatable bonds is 5. The van der Waals surface area contributed by atoms with Crippen molar-refractivity contribution < 1.29 is 9.13 Å². The molecule has 2 rings (SSSR count). The third kappa shape index (κ3) is 3.67. The maximum atomic E-state index is 13.8. The smallest absolute Gasteiger partial charge is 0.165 e. The van der Waals surface area contributed by atoms with Gasteiger partial charge in [-0.15, -0.1) is 0 Å². The van der Waals surface area contributed by atoms with E-state index >= 15 is 0 Å². The average molecular weight is 266 g/mol. The molecule has 2 atom stereocenters. The van der Waals surface area contributed by atoms with E-state index in [2.05, 4.69) is 11.8 Å². The molecule has 0 saturated carbocycles. The number of ether oxygens (including phenoxy) is 1. The van der Waals surface area contributed by atoms with E-state index in [0.29, 0.717) is 18.3 Å². The minimum Gasteiger partial charge on any atom is -0.491 e. The van der Waals surface area contributed by atoms with Crippen LogP contribution < -0.4 is 10.5 Å². The van der Waals surface area contributed by atoms with Gasteiger partial charge in [0, 0.05) is 19.1 Å². The molecule has 19 heavy (non-hydrogen) atoms. The van der Waals surface area contributed by atoms with E-state index in [1.165, 1.54) is 0 Å². The Kier molecular flexibility index (Phi) is 4.77. The third-order valence-corrected chi connectivity index (χ3v) is 3.75. The van der Waals surface area contributed by atoms with Crippen molar-refractivity contribution in [1.82, 2.24) is 4.90 Å². The lowest BCUT2D eigenvalue weighted by molar-refractivity contribution is 0.305. The lowest BCUT2D eigenvalue weighted by atomic mass is 10.0. The second-order valence-electron chi connectivity index (χ2n) is 5.34. The largest absolute Gasteiger partial charge is 0.491 e. The van der Waals surface area contributed by atoms with Gasteiger partial charge in [0.25, 0.3) is 0 Å². The van der Waals surface area contributed by atoms with E-state index in [0.717, 1.165) is 31.6 Å². The minimum atomic E-state index is -0.276. The van der Waals surface area contributed by atoms with E-state index in [9.17, 15) is 4.39 Å². The summed E-state index contributed by atoms with van der Waals surface area (Å²) < 4.78 is 19.0. The molecular weight excluding hydrogens is 243 g/mol. The van der Waals surface area contributed by atoms with Gasteiger partial charge in [-0.1, -0.05) is 6.07 Å². The summed E-state index contributed by atoms with van der Waals surface area (Å²) in [5.74, 6) is 0.621. The SMILES string of the molecule is CCOc1ccc(CN2CCC(C(C)N)C2)cc1F. The highest BCUT2D eigenvalue weighted by molar-refractivity contribution is 5.29. The highest BCUT2D eigenvalue weighted by atomic mass is 19.1. The molecule has 1 aromatic carbocycles. The van der Waals surface area contributed by atoms with Crippen LogP contribution in [-0.4, -0.2) is 30.6 Å². The summed E-state index contributed by atoms with van der Waals surface area (Å²) in [7, 11) is 0. The number of hydrogen-bond acceptors (Lipinski definition) is 3. The number of benzene rings is 1. The first-order valence-corrected chi connectivity index (χ1v) is 6.99. The van der Waals surface area contributed by atoms with Crippen LogP contribution in [0.15, 0.2) is 18.2 Å². The van der Waals surface area contributed by atoms with Crippen molar-refractivity contribution in [2.45, 2.75) is 32.9 Å². The molecule has 0 radical (unpaired) electrons. The van der Waals surface area contributed by atoms with Gasteiger partial charge < -0.3 is 10.5 Å². The van der Waals surface area contributed by atoms with Crippen LogP contribution >= 0.6 is 0 Å². The van der Waals surface area contributed by atoms with Crippen molar-refractivity contribution in [3.05, 3.63) is 29.6 Å². The summed E-state index contributed by atoms with van der Waals surface area (Å²) >= 11 is 0. The number of hydrogen-bond donors (Lipinski definition) is 1. The van der Waals surface area contributed by atoms with E-state index < -0.39 is 0 Å². The van der Waals surface area contributed by atoms with Crippen LogP contribution in [-0.2, 0) is 6.54 Å². The van der Waals surface area contributed by atoms with Crippen LogP contribution in [0.1, 0.15) is 25.8 Å². The van der Waals surface area contributed by atoms with E-state index in [-0.39, 0.29) is 11.9 Å². The van der Waals surface area contributed by atoms with Crippen molar-refractivity contribution >= 4 is 0 Å². The maximum absolute atomic E-state index is 13.8. The molecule has 2 N–H and O–H groups in total. The van der Waals surface area contributed by atoms with Gasteiger partial charge in [-0.3, -0.25) is 4.90 Å². The monoisotopic (exact) mass is 266 g/mol. The zero-order valence-corrected chi connectivity index (χ0v) is 11.7. The first kappa shape index (κ1) is 14.3. The summed E-state index contributed by atoms with van der Waals surface area (Å²) in [5.41, 5.74) is 6.92. The van der Waals surface area contributed by atoms with Gasteiger partial charge in [0.05, 0.1) is 6.61 Å². The quantitative estimate of drug-likeness (QED) is 0.889. The topological polar surface area (TPSA) is 38.5 Å². The van der Waals surface area contributed by atoms with Crippen LogP contribution in [0.4, 0.5) is 4.39 Å². The minimum absolute atomic E-state index is 0.238. The Balaban J connectivity index is 1.95. The van der Waals surface area contributed by atoms with Crippen LogP contribution in [0.5, 0.6) is 5.75 Å². The molecule has 1 aliphatic heterocycles. The number of nitrogens with two attached hydrogens (primary N) is 1. The molecule has 106 valence electrons. The molecular formula is C15H23FN2O. The predicted molar refractivity (Wildman–Crippen MR) is 74.6 cm³/mol. The third-order valence-electron chi connectivity index (χ3n) is 3.75. The fourth-order valence-electron chi connectivity index (χ4n) is 2.61. The summed E-state index contributed by atoms with van der Waals surface area (Å²) in [6.07, 6.45) is 1.14. The van der Waals surface area contributed by atoms with Crippen LogP contribution in [0.3, 0.4) is 0 Å². The van der Waals surface area contributed by atoms with Crippen molar-refractivity contribution in [2.24, 2.45) is 11.7 Å². The molecule has 4 heteroatoms. The van der Waals surface area contributed by atoms with E-state index in [4.69, 9.17) is 10.5 Å². The Morgan fingerprint density at radius 3 is 2.89 bits per heavy atom. The van der Waals surface area contributed by atoms with Gasteiger partial charge in [0.2, 0.25) is 0 Å². The Morgan fingerprint density at radius 1 is 1.53 bits per heavy atom. The van der Waals surface area contributed by atoms with Crippen LogP contribution in [0.25, 0.3) is 0 Å². The van der Waals surface area contributed by atoms with Crippen molar-refractivity contribution in [3.8, 4) is 5.75 Å². The Morgan fingerprint density at radius 2 is 2.32 bits per heavy atom. The highest BCUT2D eigenvalue weighted by Crippen LogP contribution is 2.23. The van der Waals surface area contributed by atoms with Gasteiger partial charge in [0.15, 0.2) is 11.6 Å². The molecule has 3 nitrogen and oxygen atoms in total. The average Bonchev–Trinajstić information content (AvgIpc) is 2.81. The Hall–Kier alpha value is -1.13. The molecule has 0 amide bonds. The molecule has 1 fully saturated rings. The maximum Gasteiger partial charge on any atom is 0.165 e. The molecule has 0 spiro atoms. The lowest BCUT2D eigenvalue weighted by Crippen LogP contribution is -2.29. The van der Waals surface area contributed by atoms with E-state index in [1.54, 1.807) is 12.1 Å². The molecule has 0 aliphatic carbocycles. The summed E-state index contributed by atoms with van der Waals surface area (Å²) in [6, 6.07) is 5.46. The highest BCUT2D eigenvalue weighted by Gasteiger charge is 2.25. The van der Waals surface area contributed by atoms with Gasteiger partial charge in [-0.05, 0) is 50.4 Å². The summed E-state index contributed by atoms with van der Waals surface area (Å²) in [4.78, 5) is 2.34. The molecule has 2 unspecified atom stereocenters. The molecule has 1 saturated heterocycles. The van der Waals surface area contributed by atoms with E-state index in [1.807, 2.05) is 13.0 Å². The molecule has 0 aromatic heterocycles. The number of nitrogens with zero attached hydrogens (tertiary/aromatic N) is 1. The fourth-order valence-corrected chi connectivity index (χ4v) is 2.61. The van der Waals surface area contributed by atoms with Gasteiger partial charge in [0.1, 0.15) is 0 Å². The first-order valence-electron chi connectivity index (χ1n) is 6.99. The first-order chi connectivity index (χ1) is 9.10. The van der Waals surface area contributed by atoms with Gasteiger partial charge >= 0.3 is 0 Å². The normalized spacial score (nSPS) is 21.6. The zero-order chi connectivity index (χ0) is 13.8. The standard InChI is InChI=1S/C15H23FN2O/c1-3-19-15-5-4-12(8-14(15)16)9-18-7-6-13(10-18)11(2)17/h4-5,8,11,13H,3,6-7,9-10,17H2,1-2H3. The molecule has 1 aliphatic rings. The van der Waals surface area contributed by atoms with Gasteiger partial charge in [-0.25, -0.2) is 4.39 Å². The van der Waals surface area contributed by atoms with Crippen LogP contribution in [0.2, 0.25) is 0 Å². The Labute approximate surface area is 114 Å². The fraction of sp³-hybridized carbons (Fsp3) is 0.600.